The topological polar surface area (TPSA) is 79.7 Å². The number of phenolic OH excluding ortho intramolecular Hbond substituents is 1. The fraction of sp³-hybridized carbons (Fsp3) is 0.167. The molecule has 88 valence electrons. The van der Waals surface area contributed by atoms with Crippen molar-refractivity contribution in [2.45, 2.75) is 6.42 Å². The summed E-state index contributed by atoms with van der Waals surface area (Å²) in [4.78, 5) is 14.7. The van der Waals surface area contributed by atoms with Crippen molar-refractivity contribution in [2.75, 3.05) is 7.11 Å². The molecule has 1 aromatic heterocycles. The summed E-state index contributed by atoms with van der Waals surface area (Å²) >= 11 is 0. The van der Waals surface area contributed by atoms with Crippen molar-refractivity contribution in [3.8, 4) is 11.5 Å². The molecule has 0 unspecified atom stereocenters. The van der Waals surface area contributed by atoms with Crippen LogP contribution in [-0.4, -0.2) is 28.3 Å². The van der Waals surface area contributed by atoms with E-state index in [1.807, 2.05) is 0 Å². The van der Waals surface area contributed by atoms with Crippen LogP contribution < -0.4 is 4.74 Å². The summed E-state index contributed by atoms with van der Waals surface area (Å²) in [5, 5.41) is 19.8. The van der Waals surface area contributed by atoms with Crippen molar-refractivity contribution in [3.63, 3.8) is 0 Å². The summed E-state index contributed by atoms with van der Waals surface area (Å²) in [5.41, 5.74) is 0.591. The van der Waals surface area contributed by atoms with Gasteiger partial charge in [-0.1, -0.05) is 0 Å². The van der Waals surface area contributed by atoms with Gasteiger partial charge in [0.05, 0.1) is 13.5 Å². The molecule has 0 aliphatic heterocycles. The molecule has 0 fully saturated rings. The average molecular weight is 233 g/mol. The van der Waals surface area contributed by atoms with Crippen LogP contribution in [0.15, 0.2) is 24.5 Å². The molecule has 0 saturated heterocycles. The first-order valence-electron chi connectivity index (χ1n) is 4.97. The quantitative estimate of drug-likeness (QED) is 0.841. The summed E-state index contributed by atoms with van der Waals surface area (Å²) in [7, 11) is 1.44. The predicted molar refractivity (Wildman–Crippen MR) is 61.3 cm³/mol. The maximum Gasteiger partial charge on any atom is 0.307 e. The Morgan fingerprint density at radius 2 is 2.18 bits per heavy atom. The maximum atomic E-state index is 10.7. The molecule has 2 N–H and O–H groups in total. The Hall–Kier alpha value is -2.30. The SMILES string of the molecule is COc1cc2c(CC(=O)O)cncc2cc1O. The van der Waals surface area contributed by atoms with Gasteiger partial charge in [-0.3, -0.25) is 9.78 Å². The summed E-state index contributed by atoms with van der Waals surface area (Å²) in [5.74, 6) is -0.601. The normalized spacial score (nSPS) is 10.4. The molecule has 0 saturated carbocycles. The van der Waals surface area contributed by atoms with E-state index in [1.165, 1.54) is 19.4 Å². The molecule has 5 heteroatoms. The number of rotatable bonds is 3. The molecule has 0 bridgehead atoms. The van der Waals surface area contributed by atoms with E-state index < -0.39 is 5.97 Å². The second-order valence-electron chi connectivity index (χ2n) is 3.61. The molecule has 0 spiro atoms. The lowest BCUT2D eigenvalue weighted by Crippen LogP contribution is -2.01. The Labute approximate surface area is 97.3 Å². The molecule has 0 atom stereocenters. The van der Waals surface area contributed by atoms with Crippen LogP contribution in [0.1, 0.15) is 5.56 Å². The second-order valence-corrected chi connectivity index (χ2v) is 3.61. The molecule has 0 radical (unpaired) electrons. The third-order valence-electron chi connectivity index (χ3n) is 2.48. The van der Waals surface area contributed by atoms with E-state index in [9.17, 15) is 9.90 Å². The van der Waals surface area contributed by atoms with Crippen LogP contribution in [0.2, 0.25) is 0 Å². The Morgan fingerprint density at radius 3 is 2.82 bits per heavy atom. The zero-order valence-corrected chi connectivity index (χ0v) is 9.17. The van der Waals surface area contributed by atoms with Gasteiger partial charge in [0, 0.05) is 17.8 Å². The number of aromatic nitrogens is 1. The lowest BCUT2D eigenvalue weighted by molar-refractivity contribution is -0.136. The van der Waals surface area contributed by atoms with Crippen LogP contribution in [0.3, 0.4) is 0 Å². The number of carboxylic acid groups (broad SMARTS) is 1. The minimum Gasteiger partial charge on any atom is -0.504 e. The molecule has 1 heterocycles. The standard InChI is InChI=1S/C12H11NO4/c1-17-11-4-9-7(2-10(11)14)5-13-6-8(9)3-12(15)16/h2,4-6,14H,3H2,1H3,(H,15,16). The van der Waals surface area contributed by atoms with Crippen LogP contribution in [0.25, 0.3) is 10.8 Å². The van der Waals surface area contributed by atoms with Gasteiger partial charge in [0.2, 0.25) is 0 Å². The van der Waals surface area contributed by atoms with Crippen molar-refractivity contribution in [1.29, 1.82) is 0 Å². The van der Waals surface area contributed by atoms with Crippen molar-refractivity contribution in [3.05, 3.63) is 30.1 Å². The van der Waals surface area contributed by atoms with E-state index in [4.69, 9.17) is 9.84 Å². The van der Waals surface area contributed by atoms with Gasteiger partial charge in [0.15, 0.2) is 11.5 Å². The van der Waals surface area contributed by atoms with E-state index >= 15 is 0 Å². The number of carbonyl (C=O) groups is 1. The first kappa shape index (κ1) is 11.2. The highest BCUT2D eigenvalue weighted by atomic mass is 16.5. The molecular formula is C12H11NO4. The third kappa shape index (κ3) is 2.13. The second kappa shape index (κ2) is 4.29. The molecule has 5 nitrogen and oxygen atoms in total. The summed E-state index contributed by atoms with van der Waals surface area (Å²) in [6.07, 6.45) is 2.96. The highest BCUT2D eigenvalue weighted by molar-refractivity contribution is 5.90. The van der Waals surface area contributed by atoms with Gasteiger partial charge in [-0.15, -0.1) is 0 Å². The Kier molecular flexibility index (Phi) is 2.82. The first-order chi connectivity index (χ1) is 8.11. The molecule has 0 amide bonds. The minimum absolute atomic E-state index is 0.00859. The summed E-state index contributed by atoms with van der Waals surface area (Å²) < 4.78 is 5.00. The van der Waals surface area contributed by atoms with Crippen molar-refractivity contribution < 1.29 is 19.7 Å². The molecule has 1 aromatic carbocycles. The van der Waals surface area contributed by atoms with Crippen LogP contribution >= 0.6 is 0 Å². The largest absolute Gasteiger partial charge is 0.504 e. The number of methoxy groups -OCH3 is 1. The minimum atomic E-state index is -0.925. The van der Waals surface area contributed by atoms with Gasteiger partial charge in [-0.05, 0) is 23.1 Å². The van der Waals surface area contributed by atoms with E-state index in [0.717, 1.165) is 5.39 Å². The molecule has 17 heavy (non-hydrogen) atoms. The van der Waals surface area contributed by atoms with Gasteiger partial charge >= 0.3 is 5.97 Å². The first-order valence-corrected chi connectivity index (χ1v) is 4.97. The van der Waals surface area contributed by atoms with E-state index in [0.29, 0.717) is 16.7 Å². The summed E-state index contributed by atoms with van der Waals surface area (Å²) in [6.45, 7) is 0. The number of phenols is 1. The molecule has 0 aliphatic rings. The van der Waals surface area contributed by atoms with Crippen molar-refractivity contribution in [1.82, 2.24) is 4.98 Å². The number of hydrogen-bond donors (Lipinski definition) is 2. The molecule has 2 rings (SSSR count). The van der Waals surface area contributed by atoms with Gasteiger partial charge in [-0.2, -0.15) is 0 Å². The number of pyridine rings is 1. The smallest absolute Gasteiger partial charge is 0.307 e. The highest BCUT2D eigenvalue weighted by Gasteiger charge is 2.10. The fourth-order valence-corrected chi connectivity index (χ4v) is 1.71. The van der Waals surface area contributed by atoms with Gasteiger partial charge in [0.25, 0.3) is 0 Å². The monoisotopic (exact) mass is 233 g/mol. The Morgan fingerprint density at radius 1 is 1.41 bits per heavy atom. The molecular weight excluding hydrogens is 222 g/mol. The highest BCUT2D eigenvalue weighted by Crippen LogP contribution is 2.32. The number of ether oxygens (including phenoxy) is 1. The number of carboxylic acids is 1. The number of aliphatic carboxylic acids is 1. The van der Waals surface area contributed by atoms with E-state index in [1.54, 1.807) is 12.3 Å². The molecule has 2 aromatic rings. The van der Waals surface area contributed by atoms with E-state index in [2.05, 4.69) is 4.98 Å². The average Bonchev–Trinajstić information content (AvgIpc) is 2.27. The van der Waals surface area contributed by atoms with E-state index in [-0.39, 0.29) is 12.2 Å². The van der Waals surface area contributed by atoms with Crippen molar-refractivity contribution >= 4 is 16.7 Å². The molecule has 0 aliphatic carbocycles. The lowest BCUT2D eigenvalue weighted by atomic mass is 10.0. The van der Waals surface area contributed by atoms with Crippen LogP contribution in [0.4, 0.5) is 0 Å². The maximum absolute atomic E-state index is 10.7. The lowest BCUT2D eigenvalue weighted by Gasteiger charge is -2.08. The number of hydrogen-bond acceptors (Lipinski definition) is 4. The van der Waals surface area contributed by atoms with Gasteiger partial charge < -0.3 is 14.9 Å². The zero-order chi connectivity index (χ0) is 12.4. The number of nitrogens with zero attached hydrogens (tertiary/aromatic N) is 1. The predicted octanol–water partition coefficient (Wildman–Crippen LogP) is 1.58. The third-order valence-corrected chi connectivity index (χ3v) is 2.48. The van der Waals surface area contributed by atoms with Gasteiger partial charge in [-0.25, -0.2) is 0 Å². The fourth-order valence-electron chi connectivity index (χ4n) is 1.71. The van der Waals surface area contributed by atoms with Crippen LogP contribution in [-0.2, 0) is 11.2 Å². The van der Waals surface area contributed by atoms with Crippen LogP contribution in [0.5, 0.6) is 11.5 Å². The summed E-state index contributed by atoms with van der Waals surface area (Å²) in [6, 6.07) is 3.12. The Bertz CT molecular complexity index is 580. The van der Waals surface area contributed by atoms with Crippen LogP contribution in [0, 0.1) is 0 Å². The van der Waals surface area contributed by atoms with Gasteiger partial charge in [0.1, 0.15) is 0 Å². The number of benzene rings is 1. The Balaban J connectivity index is 2.65. The zero-order valence-electron chi connectivity index (χ0n) is 9.17. The number of fused-ring (bicyclic) bond motifs is 1. The van der Waals surface area contributed by atoms with Crippen molar-refractivity contribution in [2.24, 2.45) is 0 Å². The number of aromatic hydroxyl groups is 1.